The Bertz CT molecular complexity index is 583. The van der Waals surface area contributed by atoms with Crippen molar-refractivity contribution in [1.82, 2.24) is 10.6 Å². The first-order valence-corrected chi connectivity index (χ1v) is 6.69. The maximum atomic E-state index is 11.9. The zero-order valence-corrected chi connectivity index (χ0v) is 13.1. The Hall–Kier alpha value is -1.56. The maximum Gasteiger partial charge on any atom is 0.287 e. The Morgan fingerprint density at radius 2 is 2.05 bits per heavy atom. The summed E-state index contributed by atoms with van der Waals surface area (Å²) in [6.45, 7) is 4.71. The van der Waals surface area contributed by atoms with Gasteiger partial charge in [-0.25, -0.2) is 0 Å². The van der Waals surface area contributed by atoms with Gasteiger partial charge in [-0.3, -0.25) is 4.79 Å². The third-order valence-electron chi connectivity index (χ3n) is 2.97. The van der Waals surface area contributed by atoms with Gasteiger partial charge in [0.1, 0.15) is 5.58 Å². The van der Waals surface area contributed by atoms with Crippen molar-refractivity contribution in [3.05, 3.63) is 35.6 Å². The van der Waals surface area contributed by atoms with Crippen LogP contribution in [0.3, 0.4) is 0 Å². The van der Waals surface area contributed by atoms with Gasteiger partial charge in [-0.2, -0.15) is 0 Å². The molecule has 0 saturated heterocycles. The summed E-state index contributed by atoms with van der Waals surface area (Å²) in [5.74, 6) is 0.162. The molecule has 2 rings (SSSR count). The first-order valence-electron chi connectivity index (χ1n) is 6.69. The standard InChI is InChI=1S/C15H20N2O3.ClH/c1-11-3-4-13-12(9-11)10-14(20-13)15(18)17-6-5-16-7-8-19-2;/h3-4,9-10,16H,5-8H2,1-2H3,(H,17,18);1H. The molecule has 0 saturated carbocycles. The van der Waals surface area contributed by atoms with Gasteiger partial charge >= 0.3 is 0 Å². The molecular formula is C15H21ClN2O3. The Morgan fingerprint density at radius 1 is 1.24 bits per heavy atom. The van der Waals surface area contributed by atoms with E-state index in [-0.39, 0.29) is 18.3 Å². The van der Waals surface area contributed by atoms with Gasteiger partial charge in [0.2, 0.25) is 0 Å². The molecule has 21 heavy (non-hydrogen) atoms. The summed E-state index contributed by atoms with van der Waals surface area (Å²) in [6, 6.07) is 7.62. The smallest absolute Gasteiger partial charge is 0.287 e. The van der Waals surface area contributed by atoms with Crippen LogP contribution in [0.25, 0.3) is 11.0 Å². The third-order valence-corrected chi connectivity index (χ3v) is 2.97. The van der Waals surface area contributed by atoms with Crippen LogP contribution in [0.1, 0.15) is 16.1 Å². The summed E-state index contributed by atoms with van der Waals surface area (Å²) in [5, 5.41) is 6.92. The van der Waals surface area contributed by atoms with E-state index >= 15 is 0 Å². The number of rotatable bonds is 7. The van der Waals surface area contributed by atoms with Gasteiger partial charge < -0.3 is 19.8 Å². The summed E-state index contributed by atoms with van der Waals surface area (Å²) < 4.78 is 10.4. The van der Waals surface area contributed by atoms with Crippen LogP contribution in [0.4, 0.5) is 0 Å². The highest BCUT2D eigenvalue weighted by molar-refractivity contribution is 5.96. The number of amides is 1. The molecule has 0 aliphatic heterocycles. The second-order valence-corrected chi connectivity index (χ2v) is 4.65. The summed E-state index contributed by atoms with van der Waals surface area (Å²) in [5.41, 5.74) is 1.88. The van der Waals surface area contributed by atoms with Crippen molar-refractivity contribution in [3.8, 4) is 0 Å². The molecular weight excluding hydrogens is 292 g/mol. The number of methoxy groups -OCH3 is 1. The molecule has 2 aromatic rings. The summed E-state index contributed by atoms with van der Waals surface area (Å²) >= 11 is 0. The molecule has 1 aromatic carbocycles. The van der Waals surface area contributed by atoms with Crippen molar-refractivity contribution in [2.45, 2.75) is 6.92 Å². The highest BCUT2D eigenvalue weighted by atomic mass is 35.5. The lowest BCUT2D eigenvalue weighted by atomic mass is 10.2. The Morgan fingerprint density at radius 3 is 2.81 bits per heavy atom. The number of nitrogens with one attached hydrogen (secondary N) is 2. The van der Waals surface area contributed by atoms with Crippen molar-refractivity contribution in [2.24, 2.45) is 0 Å². The molecule has 0 radical (unpaired) electrons. The molecule has 0 aliphatic rings. The second kappa shape index (κ2) is 8.67. The molecule has 0 fully saturated rings. The number of halogens is 1. The Kier molecular flexibility index (Phi) is 7.22. The van der Waals surface area contributed by atoms with Crippen molar-refractivity contribution in [1.29, 1.82) is 0 Å². The molecule has 0 bridgehead atoms. The van der Waals surface area contributed by atoms with Crippen LogP contribution in [0.5, 0.6) is 0 Å². The molecule has 1 amide bonds. The Labute approximate surface area is 130 Å². The number of aryl methyl sites for hydroxylation is 1. The van der Waals surface area contributed by atoms with E-state index in [2.05, 4.69) is 10.6 Å². The summed E-state index contributed by atoms with van der Waals surface area (Å²) in [4.78, 5) is 11.9. The number of hydrogen-bond acceptors (Lipinski definition) is 4. The van der Waals surface area contributed by atoms with Crippen molar-refractivity contribution in [3.63, 3.8) is 0 Å². The molecule has 0 unspecified atom stereocenters. The molecule has 0 aliphatic carbocycles. The topological polar surface area (TPSA) is 63.5 Å². The number of fused-ring (bicyclic) bond motifs is 1. The monoisotopic (exact) mass is 312 g/mol. The van der Waals surface area contributed by atoms with Gasteiger partial charge in [-0.05, 0) is 25.1 Å². The number of benzene rings is 1. The van der Waals surface area contributed by atoms with Gasteiger partial charge in [0.05, 0.1) is 6.61 Å². The van der Waals surface area contributed by atoms with Crippen LogP contribution in [-0.2, 0) is 4.74 Å². The van der Waals surface area contributed by atoms with Crippen molar-refractivity contribution < 1.29 is 13.9 Å². The van der Waals surface area contributed by atoms with Crippen LogP contribution < -0.4 is 10.6 Å². The van der Waals surface area contributed by atoms with E-state index < -0.39 is 0 Å². The van der Waals surface area contributed by atoms with Gasteiger partial charge in [0.15, 0.2) is 5.76 Å². The molecule has 0 spiro atoms. The van der Waals surface area contributed by atoms with Crippen LogP contribution in [-0.4, -0.2) is 39.3 Å². The maximum absolute atomic E-state index is 11.9. The average molecular weight is 313 g/mol. The SMILES string of the molecule is COCCNCCNC(=O)c1cc2cc(C)ccc2o1.Cl. The number of ether oxygens (including phenoxy) is 1. The van der Waals surface area contributed by atoms with E-state index in [0.717, 1.165) is 23.1 Å². The minimum absolute atomic E-state index is 0. The minimum atomic E-state index is -0.188. The molecule has 2 N–H and O–H groups in total. The summed E-state index contributed by atoms with van der Waals surface area (Å²) in [6.07, 6.45) is 0. The van der Waals surface area contributed by atoms with Crippen molar-refractivity contribution in [2.75, 3.05) is 33.4 Å². The lowest BCUT2D eigenvalue weighted by molar-refractivity contribution is 0.0928. The van der Waals surface area contributed by atoms with Gasteiger partial charge in [0, 0.05) is 32.1 Å². The van der Waals surface area contributed by atoms with E-state index in [1.165, 1.54) is 0 Å². The molecule has 0 atom stereocenters. The Balaban J connectivity index is 0.00000220. The fourth-order valence-electron chi connectivity index (χ4n) is 1.93. The van der Waals surface area contributed by atoms with E-state index in [0.29, 0.717) is 25.5 Å². The fourth-order valence-corrected chi connectivity index (χ4v) is 1.93. The van der Waals surface area contributed by atoms with Gasteiger partial charge in [0.25, 0.3) is 5.91 Å². The van der Waals surface area contributed by atoms with Gasteiger partial charge in [-0.15, -0.1) is 12.4 Å². The quantitative estimate of drug-likeness (QED) is 0.769. The molecule has 5 nitrogen and oxygen atoms in total. The number of carbonyl (C=O) groups excluding carboxylic acids is 1. The van der Waals surface area contributed by atoms with Crippen molar-refractivity contribution >= 4 is 29.3 Å². The number of furan rings is 1. The second-order valence-electron chi connectivity index (χ2n) is 4.65. The van der Waals surface area contributed by atoms with Crippen LogP contribution >= 0.6 is 12.4 Å². The molecule has 6 heteroatoms. The average Bonchev–Trinajstić information content (AvgIpc) is 2.85. The van der Waals surface area contributed by atoms with E-state index in [1.54, 1.807) is 13.2 Å². The number of hydrogen-bond donors (Lipinski definition) is 2. The van der Waals surface area contributed by atoms with E-state index in [9.17, 15) is 4.79 Å². The largest absolute Gasteiger partial charge is 0.451 e. The highest BCUT2D eigenvalue weighted by Gasteiger charge is 2.11. The molecule has 116 valence electrons. The molecule has 1 aromatic heterocycles. The highest BCUT2D eigenvalue weighted by Crippen LogP contribution is 2.20. The lowest BCUT2D eigenvalue weighted by Gasteiger charge is -2.04. The van der Waals surface area contributed by atoms with Crippen LogP contribution in [0.15, 0.2) is 28.7 Å². The van der Waals surface area contributed by atoms with Crippen LogP contribution in [0, 0.1) is 6.92 Å². The summed E-state index contributed by atoms with van der Waals surface area (Å²) in [7, 11) is 1.66. The predicted molar refractivity (Wildman–Crippen MR) is 85.3 cm³/mol. The first kappa shape index (κ1) is 17.5. The first-order chi connectivity index (χ1) is 9.70. The zero-order chi connectivity index (χ0) is 14.4. The number of carbonyl (C=O) groups is 1. The van der Waals surface area contributed by atoms with E-state index in [4.69, 9.17) is 9.15 Å². The predicted octanol–water partition coefficient (Wildman–Crippen LogP) is 2.13. The molecule has 1 heterocycles. The minimum Gasteiger partial charge on any atom is -0.451 e. The van der Waals surface area contributed by atoms with Gasteiger partial charge in [-0.1, -0.05) is 11.6 Å². The fraction of sp³-hybridized carbons (Fsp3) is 0.400. The zero-order valence-electron chi connectivity index (χ0n) is 12.3. The van der Waals surface area contributed by atoms with Crippen LogP contribution in [0.2, 0.25) is 0 Å². The third kappa shape index (κ3) is 5.04. The normalized spacial score (nSPS) is 10.4. The lowest BCUT2D eigenvalue weighted by Crippen LogP contribution is -2.32. The van der Waals surface area contributed by atoms with E-state index in [1.807, 2.05) is 25.1 Å².